The summed E-state index contributed by atoms with van der Waals surface area (Å²) in [5.41, 5.74) is 0. The van der Waals surface area contributed by atoms with Gasteiger partial charge in [-0.2, -0.15) is 0 Å². The highest BCUT2D eigenvalue weighted by molar-refractivity contribution is 5.67. The van der Waals surface area contributed by atoms with E-state index in [0.29, 0.717) is 12.3 Å². The van der Waals surface area contributed by atoms with Crippen LogP contribution in [-0.2, 0) is 4.79 Å². The molecule has 2 fully saturated rings. The summed E-state index contributed by atoms with van der Waals surface area (Å²) in [5.74, 6) is 0.691. The van der Waals surface area contributed by atoms with Gasteiger partial charge in [0, 0.05) is 19.1 Å². The minimum Gasteiger partial charge on any atom is -0.481 e. The lowest BCUT2D eigenvalue weighted by atomic mass is 9.81. The quantitative estimate of drug-likeness (QED) is 0.798. The molecule has 2 atom stereocenters. The topological polar surface area (TPSA) is 40.5 Å². The van der Waals surface area contributed by atoms with Crippen LogP contribution in [0.3, 0.4) is 0 Å². The number of nitrogens with zero attached hydrogens (tertiary/aromatic N) is 1. The van der Waals surface area contributed by atoms with Crippen LogP contribution in [-0.4, -0.2) is 35.1 Å². The van der Waals surface area contributed by atoms with Gasteiger partial charge in [0.2, 0.25) is 0 Å². The van der Waals surface area contributed by atoms with Crippen LogP contribution >= 0.6 is 0 Å². The van der Waals surface area contributed by atoms with Crippen molar-refractivity contribution in [2.24, 2.45) is 11.8 Å². The molecule has 16 heavy (non-hydrogen) atoms. The first-order valence-corrected chi connectivity index (χ1v) is 6.65. The van der Waals surface area contributed by atoms with Gasteiger partial charge in [-0.25, -0.2) is 0 Å². The molecule has 1 heterocycles. The molecular formula is C13H23NO2. The van der Waals surface area contributed by atoms with Crippen molar-refractivity contribution in [1.82, 2.24) is 4.90 Å². The normalized spacial score (nSPS) is 32.3. The summed E-state index contributed by atoms with van der Waals surface area (Å²) in [5, 5.41) is 8.71. The highest BCUT2D eigenvalue weighted by Crippen LogP contribution is 2.33. The van der Waals surface area contributed by atoms with Crippen molar-refractivity contribution in [3.8, 4) is 0 Å². The van der Waals surface area contributed by atoms with E-state index in [-0.39, 0.29) is 0 Å². The highest BCUT2D eigenvalue weighted by atomic mass is 16.4. The summed E-state index contributed by atoms with van der Waals surface area (Å²) in [7, 11) is 0. The van der Waals surface area contributed by atoms with Crippen LogP contribution in [0.15, 0.2) is 0 Å². The monoisotopic (exact) mass is 225 g/mol. The Morgan fingerprint density at radius 2 is 2.06 bits per heavy atom. The summed E-state index contributed by atoms with van der Waals surface area (Å²) in [4.78, 5) is 13.1. The summed E-state index contributed by atoms with van der Waals surface area (Å²) < 4.78 is 0. The molecular weight excluding hydrogens is 202 g/mol. The lowest BCUT2D eigenvalue weighted by Crippen LogP contribution is -2.53. The summed E-state index contributed by atoms with van der Waals surface area (Å²) in [6, 6.07) is 0.753. The Morgan fingerprint density at radius 3 is 2.69 bits per heavy atom. The second-order valence-electron chi connectivity index (χ2n) is 5.51. The standard InChI is InChI=1S/C13H23NO2/c1-2-10-4-3-5-12(6-10)14-8-11(9-14)7-13(15)16/h10-12H,2-9H2,1H3,(H,15,16). The molecule has 2 aliphatic rings. The van der Waals surface area contributed by atoms with Crippen molar-refractivity contribution in [2.45, 2.75) is 51.5 Å². The third-order valence-electron chi connectivity index (χ3n) is 4.30. The molecule has 0 spiro atoms. The van der Waals surface area contributed by atoms with E-state index < -0.39 is 5.97 Å². The fraction of sp³-hybridized carbons (Fsp3) is 0.923. The van der Waals surface area contributed by atoms with Crippen molar-refractivity contribution < 1.29 is 9.90 Å². The number of aliphatic carboxylic acids is 1. The Labute approximate surface area is 97.8 Å². The maximum Gasteiger partial charge on any atom is 0.303 e. The van der Waals surface area contributed by atoms with E-state index in [1.807, 2.05) is 0 Å². The van der Waals surface area contributed by atoms with E-state index in [4.69, 9.17) is 5.11 Å². The molecule has 0 bridgehead atoms. The molecule has 0 aromatic rings. The average Bonchev–Trinajstić information content (AvgIpc) is 2.22. The Kier molecular flexibility index (Phi) is 3.85. The van der Waals surface area contributed by atoms with Crippen LogP contribution in [0.2, 0.25) is 0 Å². The number of carboxylic acid groups (broad SMARTS) is 1. The number of carboxylic acids is 1. The van der Waals surface area contributed by atoms with Crippen LogP contribution < -0.4 is 0 Å². The summed E-state index contributed by atoms with van der Waals surface area (Å²) in [6.07, 6.45) is 7.11. The molecule has 1 N–H and O–H groups in total. The Morgan fingerprint density at radius 1 is 1.31 bits per heavy atom. The molecule has 1 saturated carbocycles. The molecule has 1 saturated heterocycles. The smallest absolute Gasteiger partial charge is 0.303 e. The van der Waals surface area contributed by atoms with Crippen molar-refractivity contribution in [3.05, 3.63) is 0 Å². The fourth-order valence-electron chi connectivity index (χ4n) is 3.25. The molecule has 0 aromatic heterocycles. The van der Waals surface area contributed by atoms with Crippen LogP contribution in [0, 0.1) is 11.8 Å². The molecule has 3 heteroatoms. The maximum atomic E-state index is 10.6. The van der Waals surface area contributed by atoms with Crippen LogP contribution in [0.5, 0.6) is 0 Å². The zero-order valence-corrected chi connectivity index (χ0v) is 10.2. The number of carbonyl (C=O) groups is 1. The van der Waals surface area contributed by atoms with Gasteiger partial charge in [-0.3, -0.25) is 9.69 Å². The van der Waals surface area contributed by atoms with Gasteiger partial charge in [0.05, 0.1) is 6.42 Å². The molecule has 0 amide bonds. The third-order valence-corrected chi connectivity index (χ3v) is 4.30. The van der Waals surface area contributed by atoms with E-state index >= 15 is 0 Å². The highest BCUT2D eigenvalue weighted by Gasteiger charge is 2.35. The number of rotatable bonds is 4. The number of likely N-dealkylation sites (tertiary alicyclic amines) is 1. The van der Waals surface area contributed by atoms with Gasteiger partial charge < -0.3 is 5.11 Å². The van der Waals surface area contributed by atoms with Crippen LogP contribution in [0.4, 0.5) is 0 Å². The first-order valence-electron chi connectivity index (χ1n) is 6.65. The van der Waals surface area contributed by atoms with Gasteiger partial charge in [0.25, 0.3) is 0 Å². The zero-order valence-electron chi connectivity index (χ0n) is 10.2. The van der Waals surface area contributed by atoms with Crippen molar-refractivity contribution in [2.75, 3.05) is 13.1 Å². The molecule has 2 rings (SSSR count). The second kappa shape index (κ2) is 5.17. The first-order chi connectivity index (χ1) is 7.69. The van der Waals surface area contributed by atoms with Crippen LogP contribution in [0.25, 0.3) is 0 Å². The number of hydrogen-bond donors (Lipinski definition) is 1. The fourth-order valence-corrected chi connectivity index (χ4v) is 3.25. The first kappa shape index (κ1) is 11.9. The van der Waals surface area contributed by atoms with Gasteiger partial charge in [-0.05, 0) is 24.7 Å². The van der Waals surface area contributed by atoms with Gasteiger partial charge in [0.1, 0.15) is 0 Å². The van der Waals surface area contributed by atoms with E-state index in [2.05, 4.69) is 11.8 Å². The van der Waals surface area contributed by atoms with Gasteiger partial charge >= 0.3 is 5.97 Å². The van der Waals surface area contributed by atoms with Crippen LogP contribution in [0.1, 0.15) is 45.4 Å². The van der Waals surface area contributed by atoms with E-state index in [1.165, 1.54) is 32.1 Å². The van der Waals surface area contributed by atoms with Crippen molar-refractivity contribution in [3.63, 3.8) is 0 Å². The van der Waals surface area contributed by atoms with Crippen molar-refractivity contribution >= 4 is 5.97 Å². The largest absolute Gasteiger partial charge is 0.481 e. The Hall–Kier alpha value is -0.570. The van der Waals surface area contributed by atoms with E-state index in [9.17, 15) is 4.79 Å². The SMILES string of the molecule is CCC1CCCC(N2CC(CC(=O)O)C2)C1. The minimum absolute atomic E-state index is 0.362. The molecule has 0 radical (unpaired) electrons. The molecule has 1 aliphatic heterocycles. The average molecular weight is 225 g/mol. The molecule has 1 aliphatic carbocycles. The van der Waals surface area contributed by atoms with Gasteiger partial charge in [0.15, 0.2) is 0 Å². The number of hydrogen-bond acceptors (Lipinski definition) is 2. The Bertz CT molecular complexity index is 248. The molecule has 0 aromatic carbocycles. The second-order valence-corrected chi connectivity index (χ2v) is 5.51. The molecule has 2 unspecified atom stereocenters. The summed E-state index contributed by atoms with van der Waals surface area (Å²) in [6.45, 7) is 4.33. The van der Waals surface area contributed by atoms with E-state index in [0.717, 1.165) is 25.0 Å². The predicted octanol–water partition coefficient (Wildman–Crippen LogP) is 2.36. The van der Waals surface area contributed by atoms with Gasteiger partial charge in [-0.15, -0.1) is 0 Å². The van der Waals surface area contributed by atoms with Crippen molar-refractivity contribution in [1.29, 1.82) is 0 Å². The molecule has 92 valence electrons. The maximum absolute atomic E-state index is 10.6. The minimum atomic E-state index is -0.639. The predicted molar refractivity (Wildman–Crippen MR) is 63.4 cm³/mol. The third kappa shape index (κ3) is 2.76. The molecule has 3 nitrogen and oxygen atoms in total. The lowest BCUT2D eigenvalue weighted by molar-refractivity contribution is -0.140. The Balaban J connectivity index is 1.72. The summed E-state index contributed by atoms with van der Waals surface area (Å²) >= 11 is 0. The van der Waals surface area contributed by atoms with Gasteiger partial charge in [-0.1, -0.05) is 26.2 Å². The van der Waals surface area contributed by atoms with E-state index in [1.54, 1.807) is 0 Å². The zero-order chi connectivity index (χ0) is 11.5. The lowest BCUT2D eigenvalue weighted by Gasteiger charge is -2.46.